The summed E-state index contributed by atoms with van der Waals surface area (Å²) in [6.45, 7) is 0.0467. The second kappa shape index (κ2) is 3.87. The molecule has 0 aliphatic carbocycles. The van der Waals surface area contributed by atoms with Crippen LogP contribution in [0.15, 0.2) is 24.5 Å². The standard InChI is InChI=1S/C9H10N4O3/c10-4-8(14)6-2-1-3-7-9(13(15)16)11-5-12(6)7/h1-3,5,8,14H,4,10H2. The van der Waals surface area contributed by atoms with Crippen molar-refractivity contribution in [1.82, 2.24) is 9.38 Å². The normalized spacial score (nSPS) is 12.9. The van der Waals surface area contributed by atoms with Crippen LogP contribution in [-0.4, -0.2) is 26.0 Å². The summed E-state index contributed by atoms with van der Waals surface area (Å²) < 4.78 is 1.47. The summed E-state index contributed by atoms with van der Waals surface area (Å²) in [6, 6.07) is 4.84. The van der Waals surface area contributed by atoms with Crippen molar-refractivity contribution < 1.29 is 10.0 Å². The lowest BCUT2D eigenvalue weighted by molar-refractivity contribution is -0.387. The first-order chi connectivity index (χ1) is 7.65. The van der Waals surface area contributed by atoms with Gasteiger partial charge in [0.15, 0.2) is 0 Å². The molecule has 0 fully saturated rings. The molecular weight excluding hydrogens is 212 g/mol. The topological polar surface area (TPSA) is 107 Å². The van der Waals surface area contributed by atoms with E-state index in [1.54, 1.807) is 18.2 Å². The van der Waals surface area contributed by atoms with Gasteiger partial charge >= 0.3 is 5.82 Å². The molecular formula is C9H10N4O3. The Morgan fingerprint density at radius 2 is 2.38 bits per heavy atom. The minimum atomic E-state index is -0.863. The Morgan fingerprint density at radius 3 is 3.00 bits per heavy atom. The largest absolute Gasteiger partial charge is 0.389 e. The number of nitrogens with two attached hydrogens (primary N) is 1. The fourth-order valence-electron chi connectivity index (χ4n) is 1.56. The van der Waals surface area contributed by atoms with Crippen LogP contribution in [0.25, 0.3) is 5.52 Å². The molecule has 0 aliphatic heterocycles. The summed E-state index contributed by atoms with van der Waals surface area (Å²) in [5.74, 6) is -0.230. The number of hydrogen-bond acceptors (Lipinski definition) is 5. The molecule has 2 aromatic heterocycles. The summed E-state index contributed by atoms with van der Waals surface area (Å²) in [5.41, 5.74) is 6.17. The molecule has 0 radical (unpaired) electrons. The molecule has 2 rings (SSSR count). The highest BCUT2D eigenvalue weighted by Crippen LogP contribution is 2.21. The number of aromatic nitrogens is 2. The SMILES string of the molecule is NCC(O)c1cccc2c([N+](=O)[O-])ncn12. The number of pyridine rings is 1. The number of rotatable bonds is 3. The van der Waals surface area contributed by atoms with Crippen LogP contribution in [0.2, 0.25) is 0 Å². The van der Waals surface area contributed by atoms with Crippen molar-refractivity contribution in [1.29, 1.82) is 0 Å². The van der Waals surface area contributed by atoms with Gasteiger partial charge in [-0.3, -0.25) is 4.40 Å². The average Bonchev–Trinajstić information content (AvgIpc) is 2.71. The average molecular weight is 222 g/mol. The molecule has 7 heteroatoms. The van der Waals surface area contributed by atoms with Gasteiger partial charge in [0.25, 0.3) is 0 Å². The molecule has 16 heavy (non-hydrogen) atoms. The molecule has 0 bridgehead atoms. The third kappa shape index (κ3) is 1.51. The maximum Gasteiger partial charge on any atom is 0.389 e. The summed E-state index contributed by atoms with van der Waals surface area (Å²) in [6.07, 6.45) is 0.444. The van der Waals surface area contributed by atoms with Gasteiger partial charge in [-0.15, -0.1) is 0 Å². The first-order valence-electron chi connectivity index (χ1n) is 4.63. The predicted molar refractivity (Wildman–Crippen MR) is 55.9 cm³/mol. The molecule has 2 aromatic rings. The molecule has 0 saturated heterocycles. The molecule has 0 spiro atoms. The zero-order valence-electron chi connectivity index (χ0n) is 8.28. The quantitative estimate of drug-likeness (QED) is 0.571. The van der Waals surface area contributed by atoms with E-state index in [0.29, 0.717) is 11.2 Å². The summed E-state index contributed by atoms with van der Waals surface area (Å²) in [5, 5.41) is 20.3. The van der Waals surface area contributed by atoms with E-state index < -0.39 is 11.0 Å². The van der Waals surface area contributed by atoms with E-state index in [2.05, 4.69) is 4.98 Å². The van der Waals surface area contributed by atoms with E-state index in [0.717, 1.165) is 0 Å². The minimum absolute atomic E-state index is 0.0467. The van der Waals surface area contributed by atoms with Crippen molar-refractivity contribution in [3.63, 3.8) is 0 Å². The van der Waals surface area contributed by atoms with Crippen molar-refractivity contribution >= 4 is 11.3 Å². The monoisotopic (exact) mass is 222 g/mol. The van der Waals surface area contributed by atoms with E-state index in [1.165, 1.54) is 10.7 Å². The number of imidazole rings is 1. The summed E-state index contributed by atoms with van der Waals surface area (Å²) in [7, 11) is 0. The van der Waals surface area contributed by atoms with Crippen molar-refractivity contribution in [2.45, 2.75) is 6.10 Å². The van der Waals surface area contributed by atoms with Crippen LogP contribution in [0.5, 0.6) is 0 Å². The van der Waals surface area contributed by atoms with E-state index in [4.69, 9.17) is 5.73 Å². The number of aliphatic hydroxyl groups excluding tert-OH is 1. The van der Waals surface area contributed by atoms with Gasteiger partial charge in [0.2, 0.25) is 6.33 Å². The maximum absolute atomic E-state index is 10.7. The molecule has 0 aromatic carbocycles. The Bertz CT molecular complexity index is 537. The lowest BCUT2D eigenvalue weighted by atomic mass is 10.2. The van der Waals surface area contributed by atoms with Gasteiger partial charge in [0, 0.05) is 6.54 Å². The van der Waals surface area contributed by atoms with E-state index in [9.17, 15) is 15.2 Å². The Kier molecular flexibility index (Phi) is 2.55. The van der Waals surface area contributed by atoms with Crippen LogP contribution in [0, 0.1) is 10.1 Å². The molecule has 3 N–H and O–H groups in total. The molecule has 1 atom stereocenters. The summed E-state index contributed by atoms with van der Waals surface area (Å²) in [4.78, 5) is 13.8. The lowest BCUT2D eigenvalue weighted by Gasteiger charge is -2.09. The van der Waals surface area contributed by atoms with Gasteiger partial charge < -0.3 is 21.0 Å². The van der Waals surface area contributed by atoms with Crippen molar-refractivity contribution in [2.75, 3.05) is 6.54 Å². The lowest BCUT2D eigenvalue weighted by Crippen LogP contribution is -2.14. The summed E-state index contributed by atoms with van der Waals surface area (Å²) >= 11 is 0. The molecule has 2 heterocycles. The fraction of sp³-hybridized carbons (Fsp3) is 0.222. The second-order valence-corrected chi connectivity index (χ2v) is 3.28. The van der Waals surface area contributed by atoms with Crippen LogP contribution in [0.3, 0.4) is 0 Å². The highest BCUT2D eigenvalue weighted by molar-refractivity contribution is 5.61. The number of fused-ring (bicyclic) bond motifs is 1. The smallest absolute Gasteiger partial charge is 0.386 e. The fourth-order valence-corrected chi connectivity index (χ4v) is 1.56. The highest BCUT2D eigenvalue weighted by atomic mass is 16.6. The zero-order chi connectivity index (χ0) is 11.7. The van der Waals surface area contributed by atoms with E-state index in [1.807, 2.05) is 0 Å². The number of nitro groups is 1. The Morgan fingerprint density at radius 1 is 1.62 bits per heavy atom. The van der Waals surface area contributed by atoms with Gasteiger partial charge in [-0.05, 0) is 22.0 Å². The molecule has 0 aliphatic rings. The van der Waals surface area contributed by atoms with Gasteiger partial charge in [-0.2, -0.15) is 0 Å². The zero-order valence-corrected chi connectivity index (χ0v) is 8.28. The highest BCUT2D eigenvalue weighted by Gasteiger charge is 2.19. The van der Waals surface area contributed by atoms with Gasteiger partial charge in [0.05, 0.1) is 5.69 Å². The predicted octanol–water partition coefficient (Wildman–Crippen LogP) is 0.235. The van der Waals surface area contributed by atoms with Gasteiger partial charge in [-0.25, -0.2) is 0 Å². The van der Waals surface area contributed by atoms with Crippen LogP contribution in [0.1, 0.15) is 11.8 Å². The van der Waals surface area contributed by atoms with Crippen molar-refractivity contribution in [3.8, 4) is 0 Å². The molecule has 0 amide bonds. The molecule has 0 saturated carbocycles. The molecule has 84 valence electrons. The first kappa shape index (κ1) is 10.5. The Hall–Kier alpha value is -1.99. The minimum Gasteiger partial charge on any atom is -0.386 e. The van der Waals surface area contributed by atoms with E-state index >= 15 is 0 Å². The number of aliphatic hydroxyl groups is 1. The van der Waals surface area contributed by atoms with Crippen LogP contribution >= 0.6 is 0 Å². The van der Waals surface area contributed by atoms with Crippen LogP contribution in [-0.2, 0) is 0 Å². The number of nitrogens with zero attached hydrogens (tertiary/aromatic N) is 3. The Labute approximate surface area is 90.3 Å². The van der Waals surface area contributed by atoms with Gasteiger partial charge in [-0.1, -0.05) is 6.07 Å². The molecule has 7 nitrogen and oxygen atoms in total. The van der Waals surface area contributed by atoms with Crippen LogP contribution < -0.4 is 5.73 Å². The number of hydrogen-bond donors (Lipinski definition) is 2. The Balaban J connectivity index is 2.66. The van der Waals surface area contributed by atoms with Crippen LogP contribution in [0.4, 0.5) is 5.82 Å². The van der Waals surface area contributed by atoms with Crippen molar-refractivity contribution in [2.24, 2.45) is 5.73 Å². The maximum atomic E-state index is 10.7. The third-order valence-electron chi connectivity index (χ3n) is 2.32. The first-order valence-corrected chi connectivity index (χ1v) is 4.63. The van der Waals surface area contributed by atoms with Gasteiger partial charge in [0.1, 0.15) is 11.6 Å². The van der Waals surface area contributed by atoms with Crippen molar-refractivity contribution in [3.05, 3.63) is 40.3 Å². The second-order valence-electron chi connectivity index (χ2n) is 3.28. The van der Waals surface area contributed by atoms with E-state index in [-0.39, 0.29) is 12.4 Å². The molecule has 1 unspecified atom stereocenters. The third-order valence-corrected chi connectivity index (χ3v) is 2.32.